The van der Waals surface area contributed by atoms with Gasteiger partial charge in [0.25, 0.3) is 0 Å². The molecule has 126 valence electrons. The van der Waals surface area contributed by atoms with Gasteiger partial charge in [0.05, 0.1) is 24.4 Å². The molecule has 0 heterocycles. The largest absolute Gasteiger partial charge is 0.498 e. The Morgan fingerprint density at radius 1 is 0.955 bits per heavy atom. The first kappa shape index (κ1) is 17.4. The third kappa shape index (κ3) is 4.27. The van der Waals surface area contributed by atoms with Gasteiger partial charge in [-0.25, -0.2) is 0 Å². The number of ether oxygens (including phenoxy) is 2. The number of carbonyl (C=O) groups is 1. The number of carbonyl (C=O) groups excluding carboxylic acids is 1. The van der Waals surface area contributed by atoms with Crippen LogP contribution in [0.2, 0.25) is 0 Å². The SMILES string of the molecule is CCOC(=O)C1(C=C(OCC)C2CCCCC2)CCCCC1. The molecule has 2 rings (SSSR count). The molecule has 0 aromatic carbocycles. The lowest BCUT2D eigenvalue weighted by molar-refractivity contribution is -0.154. The van der Waals surface area contributed by atoms with E-state index < -0.39 is 5.41 Å². The molecule has 0 N–H and O–H groups in total. The summed E-state index contributed by atoms with van der Waals surface area (Å²) in [6.07, 6.45) is 13.7. The van der Waals surface area contributed by atoms with Crippen molar-refractivity contribution in [3.63, 3.8) is 0 Å². The molecule has 0 saturated heterocycles. The third-order valence-corrected chi connectivity index (χ3v) is 5.16. The summed E-state index contributed by atoms with van der Waals surface area (Å²) in [6, 6.07) is 0. The molecule has 0 spiro atoms. The van der Waals surface area contributed by atoms with Gasteiger partial charge in [0.1, 0.15) is 0 Å². The van der Waals surface area contributed by atoms with E-state index in [-0.39, 0.29) is 5.97 Å². The molecular weight excluding hydrogens is 276 g/mol. The first-order valence-corrected chi connectivity index (χ1v) is 9.24. The van der Waals surface area contributed by atoms with Crippen LogP contribution in [0, 0.1) is 11.3 Å². The topological polar surface area (TPSA) is 35.5 Å². The summed E-state index contributed by atoms with van der Waals surface area (Å²) in [4.78, 5) is 12.6. The minimum atomic E-state index is -0.434. The molecule has 2 fully saturated rings. The molecule has 2 aliphatic rings. The quantitative estimate of drug-likeness (QED) is 0.511. The van der Waals surface area contributed by atoms with Gasteiger partial charge in [-0.05, 0) is 45.6 Å². The minimum Gasteiger partial charge on any atom is -0.498 e. The smallest absolute Gasteiger partial charge is 0.316 e. The van der Waals surface area contributed by atoms with Gasteiger partial charge in [-0.1, -0.05) is 38.5 Å². The van der Waals surface area contributed by atoms with Crippen molar-refractivity contribution in [2.45, 2.75) is 78.1 Å². The van der Waals surface area contributed by atoms with Gasteiger partial charge in [0, 0.05) is 5.92 Å². The molecule has 2 aliphatic carbocycles. The molecule has 0 bridgehead atoms. The zero-order valence-corrected chi connectivity index (χ0v) is 14.4. The monoisotopic (exact) mass is 308 g/mol. The second-order valence-electron chi connectivity index (χ2n) is 6.75. The fraction of sp³-hybridized carbons (Fsp3) is 0.842. The fourth-order valence-electron chi connectivity index (χ4n) is 3.97. The van der Waals surface area contributed by atoms with Crippen LogP contribution < -0.4 is 0 Å². The van der Waals surface area contributed by atoms with E-state index >= 15 is 0 Å². The molecule has 2 saturated carbocycles. The number of allylic oxidation sites excluding steroid dienone is 1. The van der Waals surface area contributed by atoms with Crippen LogP contribution in [-0.2, 0) is 14.3 Å². The molecule has 3 heteroatoms. The maximum Gasteiger partial charge on any atom is 0.316 e. The van der Waals surface area contributed by atoms with Crippen molar-refractivity contribution in [3.05, 3.63) is 11.8 Å². The van der Waals surface area contributed by atoms with Crippen LogP contribution >= 0.6 is 0 Å². The van der Waals surface area contributed by atoms with E-state index in [4.69, 9.17) is 9.47 Å². The van der Waals surface area contributed by atoms with Gasteiger partial charge < -0.3 is 9.47 Å². The Morgan fingerprint density at radius 3 is 2.14 bits per heavy atom. The van der Waals surface area contributed by atoms with E-state index in [9.17, 15) is 4.79 Å². The van der Waals surface area contributed by atoms with Crippen molar-refractivity contribution in [2.75, 3.05) is 13.2 Å². The van der Waals surface area contributed by atoms with Crippen LogP contribution in [0.5, 0.6) is 0 Å². The van der Waals surface area contributed by atoms with Crippen molar-refractivity contribution in [1.82, 2.24) is 0 Å². The Hall–Kier alpha value is -0.990. The van der Waals surface area contributed by atoms with E-state index in [0.29, 0.717) is 19.1 Å². The van der Waals surface area contributed by atoms with Gasteiger partial charge in [0.15, 0.2) is 0 Å². The van der Waals surface area contributed by atoms with Crippen LogP contribution in [0.15, 0.2) is 11.8 Å². The van der Waals surface area contributed by atoms with E-state index in [0.717, 1.165) is 31.4 Å². The second kappa shape index (κ2) is 8.59. The summed E-state index contributed by atoms with van der Waals surface area (Å²) in [6.45, 7) is 5.07. The highest BCUT2D eigenvalue weighted by Crippen LogP contribution is 2.42. The van der Waals surface area contributed by atoms with Crippen molar-refractivity contribution in [3.8, 4) is 0 Å². The summed E-state index contributed by atoms with van der Waals surface area (Å²) in [7, 11) is 0. The van der Waals surface area contributed by atoms with Gasteiger partial charge in [-0.3, -0.25) is 4.79 Å². The highest BCUT2D eigenvalue weighted by Gasteiger charge is 2.40. The lowest BCUT2D eigenvalue weighted by Crippen LogP contribution is -2.34. The van der Waals surface area contributed by atoms with Crippen LogP contribution in [0.3, 0.4) is 0 Å². The summed E-state index contributed by atoms with van der Waals surface area (Å²) in [5.74, 6) is 1.53. The fourth-order valence-corrected chi connectivity index (χ4v) is 3.97. The molecule has 3 nitrogen and oxygen atoms in total. The van der Waals surface area contributed by atoms with Crippen LogP contribution in [0.25, 0.3) is 0 Å². The van der Waals surface area contributed by atoms with E-state index in [1.165, 1.54) is 38.5 Å². The molecule has 0 amide bonds. The molecule has 0 unspecified atom stereocenters. The molecule has 0 aromatic rings. The summed E-state index contributed by atoms with van der Waals surface area (Å²) in [5, 5.41) is 0. The van der Waals surface area contributed by atoms with Crippen molar-refractivity contribution >= 4 is 5.97 Å². The van der Waals surface area contributed by atoms with E-state index in [1.807, 2.05) is 13.8 Å². The Bertz CT molecular complexity index is 374. The maximum atomic E-state index is 12.6. The second-order valence-corrected chi connectivity index (χ2v) is 6.75. The number of hydrogen-bond donors (Lipinski definition) is 0. The van der Waals surface area contributed by atoms with E-state index in [2.05, 4.69) is 6.08 Å². The summed E-state index contributed by atoms with van der Waals surface area (Å²) in [5.41, 5.74) is -0.434. The van der Waals surface area contributed by atoms with Gasteiger partial charge in [-0.2, -0.15) is 0 Å². The highest BCUT2D eigenvalue weighted by molar-refractivity contribution is 5.79. The predicted octanol–water partition coefficient (Wildman–Crippen LogP) is 5.00. The van der Waals surface area contributed by atoms with Gasteiger partial charge in [-0.15, -0.1) is 0 Å². The lowest BCUT2D eigenvalue weighted by Gasteiger charge is -2.34. The molecule has 0 atom stereocenters. The molecular formula is C19H32O3. The highest BCUT2D eigenvalue weighted by atomic mass is 16.5. The molecule has 0 aliphatic heterocycles. The Labute approximate surface area is 135 Å². The van der Waals surface area contributed by atoms with Gasteiger partial charge >= 0.3 is 5.97 Å². The van der Waals surface area contributed by atoms with Crippen LogP contribution in [-0.4, -0.2) is 19.2 Å². The van der Waals surface area contributed by atoms with Crippen molar-refractivity contribution < 1.29 is 14.3 Å². The lowest BCUT2D eigenvalue weighted by atomic mass is 9.72. The zero-order chi connectivity index (χ0) is 15.8. The third-order valence-electron chi connectivity index (χ3n) is 5.16. The average Bonchev–Trinajstić information content (AvgIpc) is 2.56. The van der Waals surface area contributed by atoms with Gasteiger partial charge in [0.2, 0.25) is 0 Å². The molecule has 0 radical (unpaired) electrons. The number of rotatable bonds is 6. The standard InChI is InChI=1S/C19H32O3/c1-3-21-17(16-11-7-5-8-12-16)15-19(18(20)22-4-2)13-9-6-10-14-19/h15-16H,3-14H2,1-2H3. The minimum absolute atomic E-state index is 0.0392. The zero-order valence-electron chi connectivity index (χ0n) is 14.4. The first-order chi connectivity index (χ1) is 10.7. The van der Waals surface area contributed by atoms with Crippen LogP contribution in [0.1, 0.15) is 78.1 Å². The van der Waals surface area contributed by atoms with Crippen LogP contribution in [0.4, 0.5) is 0 Å². The Balaban J connectivity index is 2.24. The predicted molar refractivity (Wildman–Crippen MR) is 88.4 cm³/mol. The van der Waals surface area contributed by atoms with Crippen molar-refractivity contribution in [1.29, 1.82) is 0 Å². The van der Waals surface area contributed by atoms with E-state index in [1.54, 1.807) is 0 Å². The number of hydrogen-bond acceptors (Lipinski definition) is 3. The first-order valence-electron chi connectivity index (χ1n) is 9.24. The normalized spacial score (nSPS) is 23.1. The molecule has 22 heavy (non-hydrogen) atoms. The maximum absolute atomic E-state index is 12.6. The Kier molecular flexibility index (Phi) is 6.78. The Morgan fingerprint density at radius 2 is 1.55 bits per heavy atom. The summed E-state index contributed by atoms with van der Waals surface area (Å²) >= 11 is 0. The summed E-state index contributed by atoms with van der Waals surface area (Å²) < 4.78 is 11.4. The average molecular weight is 308 g/mol. The van der Waals surface area contributed by atoms with Crippen molar-refractivity contribution in [2.24, 2.45) is 11.3 Å². The number of esters is 1. The molecule has 0 aromatic heterocycles.